The van der Waals surface area contributed by atoms with Gasteiger partial charge in [-0.2, -0.15) is 0 Å². The van der Waals surface area contributed by atoms with Crippen molar-refractivity contribution in [1.29, 1.82) is 0 Å². The highest BCUT2D eigenvalue weighted by atomic mass is 32.2. The molecule has 0 radical (unpaired) electrons. The fraction of sp³-hybridized carbons (Fsp3) is 0.292. The van der Waals surface area contributed by atoms with E-state index < -0.39 is 17.1 Å². The molecule has 0 spiro atoms. The Balaban J connectivity index is 1.37. The van der Waals surface area contributed by atoms with Gasteiger partial charge in [0.2, 0.25) is 5.91 Å². The average molecular weight is 469 g/mol. The van der Waals surface area contributed by atoms with Gasteiger partial charge in [0.05, 0.1) is 11.5 Å². The summed E-state index contributed by atoms with van der Waals surface area (Å²) < 4.78 is 16.6. The van der Waals surface area contributed by atoms with Crippen LogP contribution in [-0.4, -0.2) is 48.3 Å². The zero-order valence-corrected chi connectivity index (χ0v) is 19.1. The summed E-state index contributed by atoms with van der Waals surface area (Å²) in [7, 11) is 0. The van der Waals surface area contributed by atoms with Gasteiger partial charge in [-0.15, -0.1) is 0 Å². The van der Waals surface area contributed by atoms with Crippen molar-refractivity contribution in [2.45, 2.75) is 13.8 Å². The van der Waals surface area contributed by atoms with E-state index in [1.807, 2.05) is 24.3 Å². The average Bonchev–Trinajstić information content (AvgIpc) is 3.05. The standard InChI is InChI=1S/C24H24N2O6S/c1-15(2)14-32-18-6-3-16(4-7-18)11-21-23(28)26(24(29)33-21)13-22(27)25-17-5-8-19-20(12-17)31-10-9-30-19/h3-8,11-12,15H,9-10,13-14H2,1-2H3,(H,25,27)/b21-11-. The van der Waals surface area contributed by atoms with Crippen LogP contribution in [0.25, 0.3) is 6.08 Å². The van der Waals surface area contributed by atoms with Crippen molar-refractivity contribution >= 4 is 40.6 Å². The number of benzene rings is 2. The Morgan fingerprint density at radius 1 is 1.12 bits per heavy atom. The second-order valence-corrected chi connectivity index (χ2v) is 8.94. The number of ether oxygens (including phenoxy) is 3. The Labute approximate surface area is 195 Å². The molecule has 4 rings (SSSR count). The van der Waals surface area contributed by atoms with Crippen LogP contribution in [0.3, 0.4) is 0 Å². The van der Waals surface area contributed by atoms with E-state index >= 15 is 0 Å². The molecule has 0 atom stereocenters. The minimum atomic E-state index is -0.498. The van der Waals surface area contributed by atoms with Gasteiger partial charge in [-0.25, -0.2) is 0 Å². The normalized spacial score (nSPS) is 16.5. The van der Waals surface area contributed by atoms with Crippen molar-refractivity contribution in [3.63, 3.8) is 0 Å². The van der Waals surface area contributed by atoms with E-state index in [9.17, 15) is 14.4 Å². The Bertz CT molecular complexity index is 1100. The van der Waals surface area contributed by atoms with Gasteiger partial charge >= 0.3 is 0 Å². The third kappa shape index (κ3) is 5.67. The van der Waals surface area contributed by atoms with E-state index in [2.05, 4.69) is 19.2 Å². The highest BCUT2D eigenvalue weighted by molar-refractivity contribution is 8.18. The number of carbonyl (C=O) groups excluding carboxylic acids is 3. The van der Waals surface area contributed by atoms with E-state index in [0.717, 1.165) is 28.0 Å². The zero-order valence-electron chi connectivity index (χ0n) is 18.3. The third-order valence-corrected chi connectivity index (χ3v) is 5.67. The number of amides is 3. The summed E-state index contributed by atoms with van der Waals surface area (Å²) in [5.41, 5.74) is 1.25. The molecule has 1 fully saturated rings. The number of fused-ring (bicyclic) bond motifs is 1. The van der Waals surface area contributed by atoms with Crippen molar-refractivity contribution in [3.8, 4) is 17.2 Å². The Morgan fingerprint density at radius 3 is 2.58 bits per heavy atom. The number of rotatable bonds is 7. The fourth-order valence-corrected chi connectivity index (χ4v) is 4.01. The van der Waals surface area contributed by atoms with Crippen LogP contribution in [0, 0.1) is 5.92 Å². The molecule has 172 valence electrons. The van der Waals surface area contributed by atoms with E-state index in [1.165, 1.54) is 0 Å². The monoisotopic (exact) mass is 468 g/mol. The first kappa shape index (κ1) is 22.7. The molecule has 0 aromatic heterocycles. The quantitative estimate of drug-likeness (QED) is 0.610. The van der Waals surface area contributed by atoms with Gasteiger partial charge < -0.3 is 19.5 Å². The first-order chi connectivity index (χ1) is 15.9. The lowest BCUT2D eigenvalue weighted by molar-refractivity contribution is -0.127. The molecular formula is C24H24N2O6S. The largest absolute Gasteiger partial charge is 0.493 e. The summed E-state index contributed by atoms with van der Waals surface area (Å²) in [6, 6.07) is 12.3. The Kier molecular flexibility index (Phi) is 6.88. The van der Waals surface area contributed by atoms with Crippen molar-refractivity contribution < 1.29 is 28.6 Å². The lowest BCUT2D eigenvalue weighted by atomic mass is 10.2. The number of carbonyl (C=O) groups is 3. The number of anilines is 1. The smallest absolute Gasteiger partial charge is 0.294 e. The van der Waals surface area contributed by atoms with E-state index in [1.54, 1.807) is 24.3 Å². The van der Waals surface area contributed by atoms with Gasteiger partial charge in [-0.05, 0) is 53.6 Å². The first-order valence-electron chi connectivity index (χ1n) is 10.6. The summed E-state index contributed by atoms with van der Waals surface area (Å²) in [4.78, 5) is 38.7. The molecule has 2 aromatic rings. The minimum Gasteiger partial charge on any atom is -0.493 e. The van der Waals surface area contributed by atoms with Gasteiger partial charge in [0, 0.05) is 11.8 Å². The first-order valence-corrected chi connectivity index (χ1v) is 11.4. The van der Waals surface area contributed by atoms with Crippen LogP contribution in [0.4, 0.5) is 10.5 Å². The van der Waals surface area contributed by atoms with Gasteiger partial charge in [0.1, 0.15) is 25.5 Å². The van der Waals surface area contributed by atoms with Gasteiger partial charge in [-0.3, -0.25) is 19.3 Å². The number of imide groups is 1. The molecular weight excluding hydrogens is 444 g/mol. The maximum atomic E-state index is 12.7. The van der Waals surface area contributed by atoms with Crippen LogP contribution >= 0.6 is 11.8 Å². The summed E-state index contributed by atoms with van der Waals surface area (Å²) in [5.74, 6) is 1.32. The molecule has 33 heavy (non-hydrogen) atoms. The molecule has 0 unspecified atom stereocenters. The second kappa shape index (κ2) is 9.99. The van der Waals surface area contributed by atoms with E-state index in [4.69, 9.17) is 14.2 Å². The van der Waals surface area contributed by atoms with Crippen molar-refractivity contribution in [1.82, 2.24) is 4.90 Å². The van der Waals surface area contributed by atoms with Crippen LogP contribution in [0.2, 0.25) is 0 Å². The minimum absolute atomic E-state index is 0.267. The Hall–Kier alpha value is -3.46. The highest BCUT2D eigenvalue weighted by Gasteiger charge is 2.36. The van der Waals surface area contributed by atoms with Crippen LogP contribution in [0.15, 0.2) is 47.4 Å². The summed E-state index contributed by atoms with van der Waals surface area (Å²) in [6.45, 7) is 5.29. The molecule has 8 nitrogen and oxygen atoms in total. The summed E-state index contributed by atoms with van der Waals surface area (Å²) >= 11 is 0.813. The SMILES string of the molecule is CC(C)COc1ccc(/C=C2\SC(=O)N(CC(=O)Nc3ccc4c(c3)OCCO4)C2=O)cc1. The van der Waals surface area contributed by atoms with Gasteiger partial charge in [-0.1, -0.05) is 26.0 Å². The molecule has 2 aliphatic heterocycles. The summed E-state index contributed by atoms with van der Waals surface area (Å²) in [5, 5.41) is 2.20. The molecule has 0 saturated carbocycles. The number of nitrogens with zero attached hydrogens (tertiary/aromatic N) is 1. The molecule has 9 heteroatoms. The van der Waals surface area contributed by atoms with Crippen molar-refractivity contribution in [2.24, 2.45) is 5.92 Å². The Morgan fingerprint density at radius 2 is 1.85 bits per heavy atom. The molecule has 3 amide bonds. The highest BCUT2D eigenvalue weighted by Crippen LogP contribution is 2.34. The molecule has 2 aliphatic rings. The van der Waals surface area contributed by atoms with Gasteiger partial charge in [0.15, 0.2) is 11.5 Å². The lowest BCUT2D eigenvalue weighted by Gasteiger charge is -2.19. The predicted octanol–water partition coefficient (Wildman–Crippen LogP) is 4.17. The van der Waals surface area contributed by atoms with E-state index in [0.29, 0.717) is 42.9 Å². The molecule has 0 aliphatic carbocycles. The molecule has 2 aromatic carbocycles. The number of hydrogen-bond acceptors (Lipinski definition) is 7. The fourth-order valence-electron chi connectivity index (χ4n) is 3.18. The number of nitrogens with one attached hydrogen (secondary N) is 1. The molecule has 2 heterocycles. The van der Waals surface area contributed by atoms with Crippen LogP contribution < -0.4 is 19.5 Å². The van der Waals surface area contributed by atoms with E-state index in [-0.39, 0.29) is 11.4 Å². The van der Waals surface area contributed by atoms with Crippen molar-refractivity contribution in [3.05, 3.63) is 52.9 Å². The maximum absolute atomic E-state index is 12.7. The van der Waals surface area contributed by atoms with Gasteiger partial charge in [0.25, 0.3) is 11.1 Å². The van der Waals surface area contributed by atoms with Crippen molar-refractivity contribution in [2.75, 3.05) is 31.7 Å². The summed E-state index contributed by atoms with van der Waals surface area (Å²) in [6.07, 6.45) is 1.63. The third-order valence-electron chi connectivity index (χ3n) is 4.76. The molecule has 0 bridgehead atoms. The molecule has 1 saturated heterocycles. The topological polar surface area (TPSA) is 94.2 Å². The number of thioether (sulfide) groups is 1. The lowest BCUT2D eigenvalue weighted by Crippen LogP contribution is -2.36. The van der Waals surface area contributed by atoms with Crippen LogP contribution in [-0.2, 0) is 9.59 Å². The molecule has 1 N–H and O–H groups in total. The predicted molar refractivity (Wildman–Crippen MR) is 126 cm³/mol. The zero-order chi connectivity index (χ0) is 23.4. The maximum Gasteiger partial charge on any atom is 0.294 e. The second-order valence-electron chi connectivity index (χ2n) is 7.95. The number of hydrogen-bond donors (Lipinski definition) is 1. The van der Waals surface area contributed by atoms with Crippen LogP contribution in [0.5, 0.6) is 17.2 Å². The van der Waals surface area contributed by atoms with Crippen LogP contribution in [0.1, 0.15) is 19.4 Å².